The van der Waals surface area contributed by atoms with E-state index in [1.165, 1.54) is 30.3 Å². The molecule has 0 fully saturated rings. The van der Waals surface area contributed by atoms with Crippen molar-refractivity contribution in [2.75, 3.05) is 0 Å². The molecule has 7 heteroatoms. The zero-order valence-corrected chi connectivity index (χ0v) is 14.5. The van der Waals surface area contributed by atoms with Gasteiger partial charge in [-0.2, -0.15) is 5.26 Å². The quantitative estimate of drug-likeness (QED) is 0.658. The number of aromatic amines is 1. The summed E-state index contributed by atoms with van der Waals surface area (Å²) < 4.78 is 41.2. The maximum absolute atomic E-state index is 13.8. The van der Waals surface area contributed by atoms with Crippen LogP contribution >= 0.6 is 11.8 Å². The van der Waals surface area contributed by atoms with E-state index in [1.54, 1.807) is 12.1 Å². The van der Waals surface area contributed by atoms with Gasteiger partial charge in [0.25, 0.3) is 11.5 Å². The molecule has 0 atom stereocenters. The number of alkyl halides is 2. The van der Waals surface area contributed by atoms with Crippen LogP contribution < -0.4 is 5.56 Å². The predicted molar refractivity (Wildman–Crippen MR) is 94.8 cm³/mol. The number of H-pyrrole nitrogens is 1. The summed E-state index contributed by atoms with van der Waals surface area (Å²) in [6.45, 7) is 0.824. The van der Waals surface area contributed by atoms with E-state index in [0.717, 1.165) is 18.7 Å². The highest BCUT2D eigenvalue weighted by atomic mass is 32.2. The summed E-state index contributed by atoms with van der Waals surface area (Å²) in [7, 11) is 0. The summed E-state index contributed by atoms with van der Waals surface area (Å²) in [4.78, 5) is 14.7. The molecule has 0 radical (unpaired) electrons. The molecule has 0 amide bonds. The molecule has 1 aromatic heterocycles. The van der Waals surface area contributed by atoms with Crippen LogP contribution in [0.2, 0.25) is 0 Å². The summed E-state index contributed by atoms with van der Waals surface area (Å²) >= 11 is 1.11. The summed E-state index contributed by atoms with van der Waals surface area (Å²) in [5, 5.41) is 10.2. The fourth-order valence-corrected chi connectivity index (χ4v) is 3.77. The smallest absolute Gasteiger partial charge is 0.270 e. The Balaban J connectivity index is 2.05. The number of benzene rings is 2. The lowest BCUT2D eigenvalue weighted by Crippen LogP contribution is -2.12. The number of aromatic nitrogens is 1. The minimum absolute atomic E-state index is 0.0982. The summed E-state index contributed by atoms with van der Waals surface area (Å²) in [6, 6.07) is 11.7. The minimum Gasteiger partial charge on any atom is -0.315 e. The molecule has 2 aromatic carbocycles. The molecule has 132 valence electrons. The van der Waals surface area contributed by atoms with E-state index >= 15 is 0 Å². The molecular weight excluding hydrogens is 361 g/mol. The second-order valence-corrected chi connectivity index (χ2v) is 6.78. The lowest BCUT2D eigenvalue weighted by atomic mass is 10.0. The molecule has 3 aromatic rings. The van der Waals surface area contributed by atoms with Gasteiger partial charge in [0.2, 0.25) is 0 Å². The Bertz CT molecular complexity index is 1080. The molecule has 1 N–H and O–H groups in total. The van der Waals surface area contributed by atoms with Gasteiger partial charge >= 0.3 is 0 Å². The third-order valence-corrected chi connectivity index (χ3v) is 4.99. The van der Waals surface area contributed by atoms with Crippen molar-refractivity contribution in [3.8, 4) is 6.07 Å². The van der Waals surface area contributed by atoms with Crippen LogP contribution in [0.5, 0.6) is 0 Å². The first-order chi connectivity index (χ1) is 12.3. The minimum atomic E-state index is -3.00. The fraction of sp³-hybridized carbons (Fsp3) is 0.158. The SMILES string of the molecule is CC(F)(F)c1ccccc1CSc1[nH]c(=O)c(C#N)c2ccc(F)cc12. The van der Waals surface area contributed by atoms with Crippen molar-refractivity contribution >= 4 is 22.5 Å². The number of nitriles is 1. The van der Waals surface area contributed by atoms with E-state index in [9.17, 15) is 18.0 Å². The zero-order valence-electron chi connectivity index (χ0n) is 13.6. The van der Waals surface area contributed by atoms with Crippen molar-refractivity contribution in [1.29, 1.82) is 5.26 Å². The zero-order chi connectivity index (χ0) is 18.9. The molecule has 0 aliphatic carbocycles. The first kappa shape index (κ1) is 18.1. The molecule has 0 aliphatic rings. The standard InChI is InChI=1S/C19H13F3N2OS/c1-19(21,22)16-5-3-2-4-11(16)10-26-18-14-8-12(20)6-7-13(14)15(9-23)17(25)24-18/h2-8H,10H2,1H3,(H,24,25). The normalized spacial score (nSPS) is 11.5. The summed E-state index contributed by atoms with van der Waals surface area (Å²) in [5.41, 5.74) is -0.383. The van der Waals surface area contributed by atoms with Gasteiger partial charge in [0.05, 0.1) is 5.03 Å². The van der Waals surface area contributed by atoms with Crippen molar-refractivity contribution < 1.29 is 13.2 Å². The van der Waals surface area contributed by atoms with Crippen molar-refractivity contribution in [3.63, 3.8) is 0 Å². The van der Waals surface area contributed by atoms with E-state index < -0.39 is 17.3 Å². The Labute approximate surface area is 151 Å². The molecular formula is C19H13F3N2OS. The number of nitrogens with zero attached hydrogens (tertiary/aromatic N) is 1. The maximum Gasteiger partial charge on any atom is 0.270 e. The lowest BCUT2D eigenvalue weighted by Gasteiger charge is -2.16. The van der Waals surface area contributed by atoms with Gasteiger partial charge in [0.1, 0.15) is 17.4 Å². The van der Waals surface area contributed by atoms with E-state index in [2.05, 4.69) is 4.98 Å². The Hall–Kier alpha value is -2.72. The van der Waals surface area contributed by atoms with E-state index in [1.807, 2.05) is 6.07 Å². The second-order valence-electron chi connectivity index (χ2n) is 5.79. The van der Waals surface area contributed by atoms with Crippen LogP contribution in [0.3, 0.4) is 0 Å². The van der Waals surface area contributed by atoms with Crippen LogP contribution in [0.4, 0.5) is 13.2 Å². The van der Waals surface area contributed by atoms with Crippen LogP contribution in [0, 0.1) is 17.1 Å². The van der Waals surface area contributed by atoms with Gasteiger partial charge in [-0.15, -0.1) is 11.8 Å². The van der Waals surface area contributed by atoms with Gasteiger partial charge < -0.3 is 4.98 Å². The average Bonchev–Trinajstić information content (AvgIpc) is 2.59. The average molecular weight is 374 g/mol. The first-order valence-electron chi connectivity index (χ1n) is 7.66. The van der Waals surface area contributed by atoms with Gasteiger partial charge in [-0.05, 0) is 23.8 Å². The highest BCUT2D eigenvalue weighted by molar-refractivity contribution is 7.98. The molecule has 26 heavy (non-hydrogen) atoms. The molecule has 0 saturated carbocycles. The monoisotopic (exact) mass is 374 g/mol. The number of fused-ring (bicyclic) bond motifs is 1. The van der Waals surface area contributed by atoms with Gasteiger partial charge in [-0.25, -0.2) is 13.2 Å². The van der Waals surface area contributed by atoms with Crippen molar-refractivity contribution in [3.05, 3.63) is 75.3 Å². The predicted octanol–water partition coefficient (Wildman–Crippen LogP) is 4.94. The van der Waals surface area contributed by atoms with E-state index in [4.69, 9.17) is 5.26 Å². The Morgan fingerprint density at radius 1 is 1.19 bits per heavy atom. The Kier molecular flexibility index (Phi) is 4.79. The molecule has 0 unspecified atom stereocenters. The van der Waals surface area contributed by atoms with Gasteiger partial charge in [0.15, 0.2) is 0 Å². The molecule has 3 rings (SSSR count). The molecule has 3 nitrogen and oxygen atoms in total. The van der Waals surface area contributed by atoms with Gasteiger partial charge in [-0.3, -0.25) is 4.79 Å². The van der Waals surface area contributed by atoms with Crippen LogP contribution in [-0.4, -0.2) is 4.98 Å². The van der Waals surface area contributed by atoms with Crippen LogP contribution in [0.1, 0.15) is 23.6 Å². The second kappa shape index (κ2) is 6.89. The number of nitrogens with one attached hydrogen (secondary N) is 1. The number of halogens is 3. The highest BCUT2D eigenvalue weighted by Crippen LogP contribution is 2.34. The third-order valence-electron chi connectivity index (χ3n) is 3.92. The van der Waals surface area contributed by atoms with Gasteiger partial charge in [0, 0.05) is 29.0 Å². The summed E-state index contributed by atoms with van der Waals surface area (Å²) in [6.07, 6.45) is 0. The largest absolute Gasteiger partial charge is 0.315 e. The maximum atomic E-state index is 13.8. The Morgan fingerprint density at radius 2 is 1.92 bits per heavy atom. The van der Waals surface area contributed by atoms with Crippen LogP contribution in [-0.2, 0) is 11.7 Å². The number of thioether (sulfide) groups is 1. The number of hydrogen-bond donors (Lipinski definition) is 1. The first-order valence-corrected chi connectivity index (χ1v) is 8.64. The van der Waals surface area contributed by atoms with Crippen molar-refractivity contribution in [2.24, 2.45) is 0 Å². The number of pyridine rings is 1. The molecule has 0 saturated heterocycles. The van der Waals surface area contributed by atoms with Crippen LogP contribution in [0.25, 0.3) is 10.8 Å². The molecule has 1 heterocycles. The van der Waals surface area contributed by atoms with E-state index in [-0.39, 0.29) is 16.9 Å². The van der Waals surface area contributed by atoms with Crippen molar-refractivity contribution in [1.82, 2.24) is 4.98 Å². The molecule has 0 spiro atoms. The lowest BCUT2D eigenvalue weighted by molar-refractivity contribution is 0.0168. The Morgan fingerprint density at radius 3 is 2.62 bits per heavy atom. The number of rotatable bonds is 4. The van der Waals surface area contributed by atoms with Crippen molar-refractivity contribution in [2.45, 2.75) is 23.6 Å². The number of hydrogen-bond acceptors (Lipinski definition) is 3. The van der Waals surface area contributed by atoms with E-state index in [0.29, 0.717) is 21.4 Å². The topological polar surface area (TPSA) is 56.6 Å². The summed E-state index contributed by atoms with van der Waals surface area (Å²) in [5.74, 6) is -3.35. The van der Waals surface area contributed by atoms with Crippen LogP contribution in [0.15, 0.2) is 52.3 Å². The molecule has 0 bridgehead atoms. The highest BCUT2D eigenvalue weighted by Gasteiger charge is 2.27. The fourth-order valence-electron chi connectivity index (χ4n) is 2.73. The van der Waals surface area contributed by atoms with Gasteiger partial charge in [-0.1, -0.05) is 24.3 Å². The molecule has 0 aliphatic heterocycles. The third kappa shape index (κ3) is 3.46.